The summed E-state index contributed by atoms with van der Waals surface area (Å²) in [5.74, 6) is 1.37. The van der Waals surface area contributed by atoms with Gasteiger partial charge in [0.05, 0.1) is 12.3 Å². The lowest BCUT2D eigenvalue weighted by atomic mass is 10.1. The van der Waals surface area contributed by atoms with E-state index in [2.05, 4.69) is 26.7 Å². The summed E-state index contributed by atoms with van der Waals surface area (Å²) in [4.78, 5) is 9.23. The summed E-state index contributed by atoms with van der Waals surface area (Å²) in [7, 11) is 1.68. The van der Waals surface area contributed by atoms with Crippen LogP contribution in [0.1, 0.15) is 5.56 Å². The van der Waals surface area contributed by atoms with E-state index in [9.17, 15) is 0 Å². The Bertz CT molecular complexity index is 858. The highest BCUT2D eigenvalue weighted by atomic mass is 35.5. The van der Waals surface area contributed by atoms with Crippen LogP contribution in [0.2, 0.25) is 5.02 Å². The number of aromatic nitrogens is 2. The lowest BCUT2D eigenvalue weighted by Gasteiger charge is -2.11. The fourth-order valence-corrected chi connectivity index (χ4v) is 2.88. The number of nitrogens with one attached hydrogen (secondary N) is 2. The number of nitrogens with zero attached hydrogens (tertiary/aromatic N) is 2. The molecule has 0 amide bonds. The lowest BCUT2D eigenvalue weighted by Crippen LogP contribution is -2.12. The van der Waals surface area contributed by atoms with E-state index in [1.54, 1.807) is 7.11 Å². The van der Waals surface area contributed by atoms with Crippen LogP contribution in [0, 0.1) is 0 Å². The molecule has 1 heterocycles. The second-order valence-corrected chi connectivity index (χ2v) is 6.49. The van der Waals surface area contributed by atoms with E-state index < -0.39 is 0 Å². The van der Waals surface area contributed by atoms with Crippen molar-refractivity contribution in [1.82, 2.24) is 9.97 Å². The van der Waals surface area contributed by atoms with Crippen molar-refractivity contribution in [1.29, 1.82) is 0 Å². The minimum atomic E-state index is 0.596. The van der Waals surface area contributed by atoms with E-state index >= 15 is 0 Å². The molecule has 2 aromatic carbocycles. The molecule has 5 nitrogen and oxygen atoms in total. The Morgan fingerprint density at radius 3 is 2.56 bits per heavy atom. The third kappa shape index (κ3) is 5.94. The molecule has 140 valence electrons. The van der Waals surface area contributed by atoms with E-state index in [1.807, 2.05) is 54.6 Å². The van der Waals surface area contributed by atoms with Gasteiger partial charge in [0.1, 0.15) is 5.82 Å². The first-order chi connectivity index (χ1) is 13.2. The van der Waals surface area contributed by atoms with Crippen LogP contribution in [-0.4, -0.2) is 36.8 Å². The zero-order valence-corrected chi connectivity index (χ0v) is 16.0. The number of halogens is 1. The Balaban J connectivity index is 1.73. The second-order valence-electron chi connectivity index (χ2n) is 6.05. The number of hydrogen-bond donors (Lipinski definition) is 2. The Morgan fingerprint density at radius 2 is 1.78 bits per heavy atom. The van der Waals surface area contributed by atoms with Crippen molar-refractivity contribution in [2.75, 3.05) is 37.4 Å². The van der Waals surface area contributed by atoms with E-state index in [4.69, 9.17) is 16.3 Å². The number of hydrogen-bond acceptors (Lipinski definition) is 5. The number of methoxy groups -OCH3 is 1. The first-order valence-corrected chi connectivity index (χ1v) is 9.28. The van der Waals surface area contributed by atoms with Gasteiger partial charge in [-0.05, 0) is 24.1 Å². The van der Waals surface area contributed by atoms with Crippen LogP contribution in [0.25, 0.3) is 11.3 Å². The molecule has 1 aromatic heterocycles. The summed E-state index contributed by atoms with van der Waals surface area (Å²) in [6.07, 6.45) is 0.839. The first-order valence-electron chi connectivity index (χ1n) is 8.90. The van der Waals surface area contributed by atoms with Crippen LogP contribution in [-0.2, 0) is 11.2 Å². The van der Waals surface area contributed by atoms with Crippen LogP contribution in [0.15, 0.2) is 60.7 Å². The van der Waals surface area contributed by atoms with Gasteiger partial charge in [0.25, 0.3) is 0 Å². The largest absolute Gasteiger partial charge is 0.383 e. The molecule has 0 aliphatic carbocycles. The monoisotopic (exact) mass is 382 g/mol. The predicted molar refractivity (Wildman–Crippen MR) is 111 cm³/mol. The topological polar surface area (TPSA) is 59.1 Å². The molecule has 0 radical (unpaired) electrons. The van der Waals surface area contributed by atoms with Gasteiger partial charge in [-0.25, -0.2) is 4.98 Å². The molecule has 3 rings (SSSR count). The second kappa shape index (κ2) is 9.90. The zero-order chi connectivity index (χ0) is 18.9. The van der Waals surface area contributed by atoms with Crippen molar-refractivity contribution < 1.29 is 4.74 Å². The normalized spacial score (nSPS) is 10.6. The van der Waals surface area contributed by atoms with Gasteiger partial charge in [-0.2, -0.15) is 4.98 Å². The molecule has 0 saturated carbocycles. The van der Waals surface area contributed by atoms with Crippen LogP contribution in [0.3, 0.4) is 0 Å². The highest BCUT2D eigenvalue weighted by molar-refractivity contribution is 6.30. The van der Waals surface area contributed by atoms with E-state index in [0.29, 0.717) is 19.1 Å². The van der Waals surface area contributed by atoms with Crippen molar-refractivity contribution in [3.8, 4) is 11.3 Å². The van der Waals surface area contributed by atoms with Crippen LogP contribution in [0.5, 0.6) is 0 Å². The fraction of sp³-hybridized carbons (Fsp3) is 0.238. The van der Waals surface area contributed by atoms with Gasteiger partial charge in [-0.15, -0.1) is 0 Å². The SMILES string of the molecule is COCCNc1cc(-c2ccccc2)nc(NCCc2cccc(Cl)c2)n1. The summed E-state index contributed by atoms with van der Waals surface area (Å²) < 4.78 is 5.10. The van der Waals surface area contributed by atoms with Crippen LogP contribution < -0.4 is 10.6 Å². The predicted octanol–water partition coefficient (Wildman–Crippen LogP) is 4.51. The Morgan fingerprint density at radius 1 is 0.926 bits per heavy atom. The van der Waals surface area contributed by atoms with Gasteiger partial charge in [-0.3, -0.25) is 0 Å². The average molecular weight is 383 g/mol. The van der Waals surface area contributed by atoms with Gasteiger partial charge in [0.15, 0.2) is 0 Å². The Kier molecular flexibility index (Phi) is 7.02. The fourth-order valence-electron chi connectivity index (χ4n) is 2.67. The van der Waals surface area contributed by atoms with Crippen LogP contribution >= 0.6 is 11.6 Å². The minimum absolute atomic E-state index is 0.596. The quantitative estimate of drug-likeness (QED) is 0.533. The number of rotatable bonds is 9. The third-order valence-electron chi connectivity index (χ3n) is 3.99. The molecule has 0 aliphatic rings. The maximum Gasteiger partial charge on any atom is 0.225 e. The standard InChI is InChI=1S/C21H23ClN4O/c1-27-13-12-23-20-15-19(17-7-3-2-4-8-17)25-21(26-20)24-11-10-16-6-5-9-18(22)14-16/h2-9,14-15H,10-13H2,1H3,(H2,23,24,25,26). The molecular weight excluding hydrogens is 360 g/mol. The molecule has 0 saturated heterocycles. The smallest absolute Gasteiger partial charge is 0.225 e. The summed E-state index contributed by atoms with van der Waals surface area (Å²) >= 11 is 6.05. The van der Waals surface area contributed by atoms with Gasteiger partial charge in [0, 0.05) is 36.9 Å². The van der Waals surface area contributed by atoms with E-state index in [1.165, 1.54) is 5.56 Å². The minimum Gasteiger partial charge on any atom is -0.383 e. The molecule has 0 spiro atoms. The summed E-state index contributed by atoms with van der Waals surface area (Å²) in [5.41, 5.74) is 3.09. The van der Waals surface area contributed by atoms with Crippen LogP contribution in [0.4, 0.5) is 11.8 Å². The Hall–Kier alpha value is -2.63. The van der Waals surface area contributed by atoms with Gasteiger partial charge in [-0.1, -0.05) is 54.1 Å². The molecule has 0 atom stereocenters. The molecule has 2 N–H and O–H groups in total. The summed E-state index contributed by atoms with van der Waals surface area (Å²) in [5, 5.41) is 7.34. The van der Waals surface area contributed by atoms with E-state index in [-0.39, 0.29) is 0 Å². The molecule has 3 aromatic rings. The third-order valence-corrected chi connectivity index (χ3v) is 4.23. The number of ether oxygens (including phenoxy) is 1. The maximum atomic E-state index is 6.05. The van der Waals surface area contributed by atoms with Crippen molar-refractivity contribution in [2.24, 2.45) is 0 Å². The van der Waals surface area contributed by atoms with Crippen molar-refractivity contribution in [2.45, 2.75) is 6.42 Å². The molecule has 0 aliphatic heterocycles. The highest BCUT2D eigenvalue weighted by Crippen LogP contribution is 2.21. The molecule has 27 heavy (non-hydrogen) atoms. The molecule has 6 heteroatoms. The number of benzene rings is 2. The molecule has 0 fully saturated rings. The molecule has 0 unspecified atom stereocenters. The summed E-state index contributed by atoms with van der Waals surface area (Å²) in [6, 6.07) is 19.9. The average Bonchev–Trinajstić information content (AvgIpc) is 2.69. The van der Waals surface area contributed by atoms with Crippen molar-refractivity contribution >= 4 is 23.4 Å². The van der Waals surface area contributed by atoms with Gasteiger partial charge >= 0.3 is 0 Å². The van der Waals surface area contributed by atoms with Gasteiger partial charge in [0.2, 0.25) is 5.95 Å². The first kappa shape index (κ1) is 19.1. The molecule has 0 bridgehead atoms. The van der Waals surface area contributed by atoms with Crippen molar-refractivity contribution in [3.63, 3.8) is 0 Å². The van der Waals surface area contributed by atoms with Crippen molar-refractivity contribution in [3.05, 3.63) is 71.2 Å². The highest BCUT2D eigenvalue weighted by Gasteiger charge is 2.07. The zero-order valence-electron chi connectivity index (χ0n) is 15.3. The summed E-state index contributed by atoms with van der Waals surface area (Å²) in [6.45, 7) is 2.02. The van der Waals surface area contributed by atoms with Gasteiger partial charge < -0.3 is 15.4 Å². The Labute approximate surface area is 164 Å². The number of anilines is 2. The lowest BCUT2D eigenvalue weighted by molar-refractivity contribution is 0.210. The maximum absolute atomic E-state index is 6.05. The van der Waals surface area contributed by atoms with E-state index in [0.717, 1.165) is 35.1 Å². The molecular formula is C21H23ClN4O.